The summed E-state index contributed by atoms with van der Waals surface area (Å²) in [5.74, 6) is -2.70. The first kappa shape index (κ1) is 20.6. The number of nitrogens with zero attached hydrogens (tertiary/aromatic N) is 2. The van der Waals surface area contributed by atoms with E-state index in [0.29, 0.717) is 5.02 Å². The molecule has 0 aliphatic carbocycles. The lowest BCUT2D eigenvalue weighted by molar-refractivity contribution is -0.386. The minimum Gasteiger partial charge on any atom is -0.500 e. The van der Waals surface area contributed by atoms with Crippen molar-refractivity contribution in [1.82, 2.24) is 10.7 Å². The molecule has 0 saturated carbocycles. The summed E-state index contributed by atoms with van der Waals surface area (Å²) < 4.78 is 4.85. The van der Waals surface area contributed by atoms with Gasteiger partial charge in [-0.05, 0) is 23.8 Å². The molecular weight excluding hydrogens is 392 g/mol. The molecule has 2 aromatic carbocycles. The van der Waals surface area contributed by atoms with Crippen LogP contribution in [0.15, 0.2) is 41.5 Å². The summed E-state index contributed by atoms with van der Waals surface area (Å²) in [7, 11) is 1.23. The molecule has 3 N–H and O–H groups in total. The zero-order chi connectivity index (χ0) is 20.7. The van der Waals surface area contributed by atoms with Crippen LogP contribution in [0.25, 0.3) is 0 Å². The maximum atomic E-state index is 11.7. The number of methoxy groups -OCH3 is 1. The molecule has 2 aromatic rings. The zero-order valence-electron chi connectivity index (χ0n) is 14.5. The smallest absolute Gasteiger partial charge is 0.329 e. The molecule has 0 unspecified atom stereocenters. The van der Waals surface area contributed by atoms with Gasteiger partial charge < -0.3 is 15.2 Å². The average molecular weight is 407 g/mol. The van der Waals surface area contributed by atoms with E-state index in [9.17, 15) is 24.8 Å². The fraction of sp³-hybridized carbons (Fsp3) is 0.118. The topological polar surface area (TPSA) is 143 Å². The van der Waals surface area contributed by atoms with E-state index >= 15 is 0 Å². The van der Waals surface area contributed by atoms with Gasteiger partial charge in [-0.25, -0.2) is 5.43 Å². The molecule has 11 heteroatoms. The van der Waals surface area contributed by atoms with Crippen molar-refractivity contribution in [3.63, 3.8) is 0 Å². The molecule has 10 nitrogen and oxygen atoms in total. The number of amides is 2. The molecule has 0 aromatic heterocycles. The molecule has 0 heterocycles. The van der Waals surface area contributed by atoms with Crippen LogP contribution in [-0.2, 0) is 16.1 Å². The number of aromatic hydroxyl groups is 1. The molecule has 0 saturated heterocycles. The Morgan fingerprint density at radius 3 is 2.57 bits per heavy atom. The van der Waals surface area contributed by atoms with E-state index in [4.69, 9.17) is 16.3 Å². The lowest BCUT2D eigenvalue weighted by Gasteiger charge is -2.05. The Balaban J connectivity index is 1.96. The number of phenols is 1. The van der Waals surface area contributed by atoms with Crippen LogP contribution in [0.5, 0.6) is 11.5 Å². The molecule has 146 valence electrons. The first-order valence-electron chi connectivity index (χ1n) is 7.73. The number of rotatable bonds is 6. The Hall–Kier alpha value is -3.66. The molecular formula is C17H15ClN4O6. The van der Waals surface area contributed by atoms with Crippen LogP contribution in [0.3, 0.4) is 0 Å². The van der Waals surface area contributed by atoms with Crippen LogP contribution in [-0.4, -0.2) is 35.2 Å². The molecule has 28 heavy (non-hydrogen) atoms. The van der Waals surface area contributed by atoms with Crippen molar-refractivity contribution in [2.24, 2.45) is 5.10 Å². The van der Waals surface area contributed by atoms with Gasteiger partial charge in [0.05, 0.1) is 18.2 Å². The molecule has 0 spiro atoms. The minimum atomic E-state index is -1.02. The monoisotopic (exact) mass is 406 g/mol. The number of hydrogen-bond acceptors (Lipinski definition) is 7. The van der Waals surface area contributed by atoms with Crippen LogP contribution < -0.4 is 15.5 Å². The molecule has 0 aliphatic heterocycles. The number of halogens is 1. The Bertz CT molecular complexity index is 930. The third-order valence-electron chi connectivity index (χ3n) is 3.45. The maximum Gasteiger partial charge on any atom is 0.329 e. The number of phenolic OH excluding ortho intramolecular Hbond substituents is 1. The number of nitro groups is 1. The minimum absolute atomic E-state index is 0.120. The largest absolute Gasteiger partial charge is 0.500 e. The normalized spacial score (nSPS) is 10.5. The van der Waals surface area contributed by atoms with E-state index in [1.165, 1.54) is 13.2 Å². The molecule has 0 aliphatic rings. The van der Waals surface area contributed by atoms with Crippen LogP contribution in [0, 0.1) is 10.1 Å². The summed E-state index contributed by atoms with van der Waals surface area (Å²) >= 11 is 5.76. The predicted octanol–water partition coefficient (Wildman–Crippen LogP) is 1.73. The molecule has 0 radical (unpaired) electrons. The van der Waals surface area contributed by atoms with Gasteiger partial charge in [0, 0.05) is 23.2 Å². The van der Waals surface area contributed by atoms with Crippen LogP contribution in [0.4, 0.5) is 5.69 Å². The van der Waals surface area contributed by atoms with Crippen molar-refractivity contribution in [3.8, 4) is 11.5 Å². The number of benzene rings is 2. The van der Waals surface area contributed by atoms with Crippen molar-refractivity contribution in [3.05, 3.63) is 62.7 Å². The highest BCUT2D eigenvalue weighted by atomic mass is 35.5. The van der Waals surface area contributed by atoms with Gasteiger partial charge in [0.2, 0.25) is 5.75 Å². The first-order chi connectivity index (χ1) is 13.3. The zero-order valence-corrected chi connectivity index (χ0v) is 15.3. The van der Waals surface area contributed by atoms with Crippen molar-refractivity contribution in [2.45, 2.75) is 6.54 Å². The van der Waals surface area contributed by atoms with E-state index in [2.05, 4.69) is 10.4 Å². The van der Waals surface area contributed by atoms with Gasteiger partial charge in [0.1, 0.15) is 0 Å². The first-order valence-corrected chi connectivity index (χ1v) is 8.10. The Morgan fingerprint density at radius 2 is 1.96 bits per heavy atom. The quantitative estimate of drug-likeness (QED) is 0.288. The van der Waals surface area contributed by atoms with Crippen LogP contribution in [0.1, 0.15) is 11.1 Å². The lowest BCUT2D eigenvalue weighted by Crippen LogP contribution is -2.37. The lowest BCUT2D eigenvalue weighted by atomic mass is 10.2. The molecule has 0 atom stereocenters. The van der Waals surface area contributed by atoms with Gasteiger partial charge >= 0.3 is 17.5 Å². The summed E-state index contributed by atoms with van der Waals surface area (Å²) in [6.07, 6.45) is 1.07. The fourth-order valence-electron chi connectivity index (χ4n) is 2.06. The summed E-state index contributed by atoms with van der Waals surface area (Å²) in [6.45, 7) is 0.120. The van der Waals surface area contributed by atoms with E-state index < -0.39 is 28.2 Å². The van der Waals surface area contributed by atoms with Crippen molar-refractivity contribution >= 4 is 35.3 Å². The number of hydrogen-bond donors (Lipinski definition) is 3. The van der Waals surface area contributed by atoms with Gasteiger partial charge in [-0.1, -0.05) is 23.7 Å². The molecule has 0 bridgehead atoms. The van der Waals surface area contributed by atoms with Gasteiger partial charge in [-0.3, -0.25) is 19.7 Å². The van der Waals surface area contributed by atoms with Gasteiger partial charge in [-0.15, -0.1) is 0 Å². The van der Waals surface area contributed by atoms with Gasteiger partial charge in [0.15, 0.2) is 5.75 Å². The van der Waals surface area contributed by atoms with Crippen molar-refractivity contribution in [2.75, 3.05) is 7.11 Å². The third-order valence-corrected chi connectivity index (χ3v) is 3.70. The van der Waals surface area contributed by atoms with E-state index in [1.54, 1.807) is 24.3 Å². The standard InChI is InChI=1S/C17H15ClN4O6/c1-28-14-7-11(6-13(15(14)23)22(26)27)9-20-21-17(25)16(24)19-8-10-2-4-12(18)5-3-10/h2-7,9,23H,8H2,1H3,(H,19,24)(H,21,25)/b20-9-. The number of nitro benzene ring substituents is 1. The summed E-state index contributed by atoms with van der Waals surface area (Å²) in [6, 6.07) is 9.01. The van der Waals surface area contributed by atoms with Gasteiger partial charge in [-0.2, -0.15) is 5.10 Å². The van der Waals surface area contributed by atoms with Crippen molar-refractivity contribution in [1.29, 1.82) is 0 Å². The molecule has 2 rings (SSSR count). The highest BCUT2D eigenvalue weighted by molar-refractivity contribution is 6.35. The van der Waals surface area contributed by atoms with E-state index in [-0.39, 0.29) is 17.9 Å². The highest BCUT2D eigenvalue weighted by Crippen LogP contribution is 2.36. The average Bonchev–Trinajstić information content (AvgIpc) is 2.67. The van der Waals surface area contributed by atoms with E-state index in [1.807, 2.05) is 5.43 Å². The number of nitrogens with one attached hydrogen (secondary N) is 2. The fourth-order valence-corrected chi connectivity index (χ4v) is 2.19. The third kappa shape index (κ3) is 5.42. The Labute approximate surface area is 163 Å². The summed E-state index contributed by atoms with van der Waals surface area (Å²) in [4.78, 5) is 33.6. The second kappa shape index (κ2) is 9.33. The molecule has 2 amide bonds. The van der Waals surface area contributed by atoms with Gasteiger partial charge in [0.25, 0.3) is 0 Å². The molecule has 0 fully saturated rings. The SMILES string of the molecule is COc1cc(/C=N\NC(=O)C(=O)NCc2ccc(Cl)cc2)cc([N+](=O)[O-])c1O. The number of carbonyl (C=O) groups is 2. The number of ether oxygens (including phenoxy) is 1. The predicted molar refractivity (Wildman–Crippen MR) is 100 cm³/mol. The summed E-state index contributed by atoms with van der Waals surface area (Å²) in [5, 5.41) is 27.2. The summed E-state index contributed by atoms with van der Waals surface area (Å²) in [5.41, 5.74) is 2.33. The number of carbonyl (C=O) groups excluding carboxylic acids is 2. The number of hydrazone groups is 1. The maximum absolute atomic E-state index is 11.7. The van der Waals surface area contributed by atoms with Crippen LogP contribution >= 0.6 is 11.6 Å². The Morgan fingerprint density at radius 1 is 1.29 bits per heavy atom. The van der Waals surface area contributed by atoms with Crippen LogP contribution in [0.2, 0.25) is 5.02 Å². The second-order valence-electron chi connectivity index (χ2n) is 5.36. The highest BCUT2D eigenvalue weighted by Gasteiger charge is 2.19. The van der Waals surface area contributed by atoms with Crippen molar-refractivity contribution < 1.29 is 24.4 Å². The van der Waals surface area contributed by atoms with E-state index in [0.717, 1.165) is 17.8 Å². The second-order valence-corrected chi connectivity index (χ2v) is 5.79. The Kier molecular flexibility index (Phi) is 6.88.